The average molecular weight is 403 g/mol. The van der Waals surface area contributed by atoms with Crippen LogP contribution in [0.2, 0.25) is 0 Å². The molecule has 0 bridgehead atoms. The van der Waals surface area contributed by atoms with Gasteiger partial charge in [0.05, 0.1) is 22.9 Å². The Bertz CT molecular complexity index is 1000. The number of aromatic nitrogens is 2. The van der Waals surface area contributed by atoms with Crippen LogP contribution in [0.5, 0.6) is 0 Å². The van der Waals surface area contributed by atoms with Crippen LogP contribution in [0, 0.1) is 0 Å². The highest BCUT2D eigenvalue weighted by atomic mass is 32.1. The van der Waals surface area contributed by atoms with Gasteiger partial charge in [0.1, 0.15) is 0 Å². The maximum atomic E-state index is 12.2. The predicted octanol–water partition coefficient (Wildman–Crippen LogP) is 3.48. The third-order valence-corrected chi connectivity index (χ3v) is 5.40. The maximum Gasteiger partial charge on any atom is 0.329 e. The molecular weight excluding hydrogens is 385 g/mol. The van der Waals surface area contributed by atoms with Crippen molar-refractivity contribution in [2.45, 2.75) is 6.16 Å². The number of amides is 1. The fourth-order valence-electron chi connectivity index (χ4n) is 2.57. The zero-order valence-electron chi connectivity index (χ0n) is 14.4. The Labute approximate surface area is 160 Å². The Hall–Kier alpha value is -2.51. The molecule has 1 amide bonds. The Morgan fingerprint density at radius 3 is 2.67 bits per heavy atom. The van der Waals surface area contributed by atoms with Gasteiger partial charge >= 0.3 is 7.60 Å². The van der Waals surface area contributed by atoms with E-state index < -0.39 is 7.60 Å². The minimum Gasteiger partial charge on any atom is -0.324 e. The van der Waals surface area contributed by atoms with Crippen molar-refractivity contribution in [1.29, 1.82) is 0 Å². The first-order valence-electron chi connectivity index (χ1n) is 8.00. The summed E-state index contributed by atoms with van der Waals surface area (Å²) in [5.41, 5.74) is 2.83. The highest BCUT2D eigenvalue weighted by molar-refractivity contribution is 7.50. The molecule has 7 nitrogen and oxygen atoms in total. The van der Waals surface area contributed by atoms with E-state index in [2.05, 4.69) is 10.4 Å². The molecule has 1 aromatic carbocycles. The van der Waals surface area contributed by atoms with E-state index in [4.69, 9.17) is 9.79 Å². The van der Waals surface area contributed by atoms with Crippen LogP contribution in [0.25, 0.3) is 16.6 Å². The summed E-state index contributed by atoms with van der Waals surface area (Å²) in [6.07, 6.45) is 4.51. The number of rotatable bonds is 6. The second-order valence-corrected chi connectivity index (χ2v) is 8.49. The standard InChI is InChI=1S/C18H18N3O4PS/c1-21-18(16-3-2-10-27-16)14(11-19-21)6-9-17(22)20-15-7-4-13(5-8-15)12-26(23,24)25/h2-11H,12H2,1H3,(H,20,22)(H2,23,24,25)/b9-6+. The second kappa shape index (κ2) is 8.02. The molecule has 0 fully saturated rings. The summed E-state index contributed by atoms with van der Waals surface area (Å²) in [4.78, 5) is 31.2. The average Bonchev–Trinajstić information content (AvgIpc) is 3.23. The van der Waals surface area contributed by atoms with Crippen LogP contribution in [0.1, 0.15) is 11.1 Å². The van der Waals surface area contributed by atoms with Crippen molar-refractivity contribution in [2.24, 2.45) is 7.05 Å². The highest BCUT2D eigenvalue weighted by Crippen LogP contribution is 2.39. The summed E-state index contributed by atoms with van der Waals surface area (Å²) in [6, 6.07) is 10.3. The quantitative estimate of drug-likeness (QED) is 0.432. The molecule has 0 radical (unpaired) electrons. The Kier molecular flexibility index (Phi) is 5.72. The third kappa shape index (κ3) is 5.24. The van der Waals surface area contributed by atoms with Crippen molar-refractivity contribution in [3.8, 4) is 10.6 Å². The molecule has 0 saturated carbocycles. The van der Waals surface area contributed by atoms with Gasteiger partial charge < -0.3 is 15.1 Å². The molecule has 2 heterocycles. The van der Waals surface area contributed by atoms with Crippen LogP contribution in [0.15, 0.2) is 54.1 Å². The number of carbonyl (C=O) groups excluding carboxylic acids is 1. The molecule has 140 valence electrons. The number of hydrogen-bond acceptors (Lipinski definition) is 4. The van der Waals surface area contributed by atoms with Crippen molar-refractivity contribution in [2.75, 3.05) is 5.32 Å². The Balaban J connectivity index is 1.67. The van der Waals surface area contributed by atoms with E-state index in [1.165, 1.54) is 6.08 Å². The molecule has 27 heavy (non-hydrogen) atoms. The summed E-state index contributed by atoms with van der Waals surface area (Å²) in [5.74, 6) is -0.307. The smallest absolute Gasteiger partial charge is 0.324 e. The van der Waals surface area contributed by atoms with Gasteiger partial charge in [0.15, 0.2) is 0 Å². The molecule has 0 aliphatic rings. The van der Waals surface area contributed by atoms with Crippen LogP contribution in [-0.4, -0.2) is 25.5 Å². The number of nitrogens with zero attached hydrogens (tertiary/aromatic N) is 2. The molecule has 3 rings (SSSR count). The number of anilines is 1. The van der Waals surface area contributed by atoms with Crippen molar-refractivity contribution >= 4 is 36.6 Å². The molecule has 2 aromatic heterocycles. The first-order chi connectivity index (χ1) is 12.8. The van der Waals surface area contributed by atoms with E-state index >= 15 is 0 Å². The van der Waals surface area contributed by atoms with E-state index in [-0.39, 0.29) is 12.1 Å². The van der Waals surface area contributed by atoms with Crippen LogP contribution < -0.4 is 5.32 Å². The van der Waals surface area contributed by atoms with Crippen molar-refractivity contribution in [1.82, 2.24) is 9.78 Å². The number of hydrogen-bond donors (Lipinski definition) is 3. The maximum absolute atomic E-state index is 12.2. The number of benzene rings is 1. The van der Waals surface area contributed by atoms with Gasteiger partial charge in [-0.15, -0.1) is 11.3 Å². The number of thiophene rings is 1. The van der Waals surface area contributed by atoms with Gasteiger partial charge in [-0.05, 0) is 35.2 Å². The summed E-state index contributed by atoms with van der Waals surface area (Å²) in [7, 11) is -2.25. The molecule has 0 saturated heterocycles. The lowest BCUT2D eigenvalue weighted by molar-refractivity contribution is -0.111. The Morgan fingerprint density at radius 1 is 1.30 bits per heavy atom. The van der Waals surface area contributed by atoms with Gasteiger partial charge in [0.25, 0.3) is 0 Å². The first kappa shape index (κ1) is 19.3. The monoisotopic (exact) mass is 403 g/mol. The van der Waals surface area contributed by atoms with Crippen molar-refractivity contribution in [3.63, 3.8) is 0 Å². The summed E-state index contributed by atoms with van der Waals surface area (Å²) >= 11 is 1.60. The first-order valence-corrected chi connectivity index (χ1v) is 10.7. The lowest BCUT2D eigenvalue weighted by Crippen LogP contribution is -2.07. The fourth-order valence-corrected chi connectivity index (χ4v) is 4.08. The SMILES string of the molecule is Cn1ncc(/C=C/C(=O)Nc2ccc(CP(=O)(O)O)cc2)c1-c1cccs1. The third-order valence-electron chi connectivity index (χ3n) is 3.75. The molecule has 0 unspecified atom stereocenters. The number of carbonyl (C=O) groups is 1. The van der Waals surface area contributed by atoms with Gasteiger partial charge in [-0.3, -0.25) is 14.0 Å². The zero-order chi connectivity index (χ0) is 19.4. The lowest BCUT2D eigenvalue weighted by atomic mass is 10.2. The lowest BCUT2D eigenvalue weighted by Gasteiger charge is -2.06. The van der Waals surface area contributed by atoms with Gasteiger partial charge in [0.2, 0.25) is 5.91 Å². The molecule has 3 aromatic rings. The fraction of sp³-hybridized carbons (Fsp3) is 0.111. The normalized spacial score (nSPS) is 11.8. The predicted molar refractivity (Wildman–Crippen MR) is 106 cm³/mol. The minimum absolute atomic E-state index is 0.307. The minimum atomic E-state index is -4.10. The van der Waals surface area contributed by atoms with E-state index in [9.17, 15) is 9.36 Å². The zero-order valence-corrected chi connectivity index (χ0v) is 16.2. The van der Waals surface area contributed by atoms with Gasteiger partial charge in [-0.1, -0.05) is 18.2 Å². The molecule has 0 atom stereocenters. The van der Waals surface area contributed by atoms with E-state index in [1.807, 2.05) is 24.6 Å². The number of nitrogens with one attached hydrogen (secondary N) is 1. The van der Waals surface area contributed by atoms with Gasteiger partial charge in [-0.25, -0.2) is 0 Å². The van der Waals surface area contributed by atoms with Gasteiger partial charge in [0, 0.05) is 24.4 Å². The summed E-state index contributed by atoms with van der Waals surface area (Å²) in [6.45, 7) is 0. The van der Waals surface area contributed by atoms with E-state index in [0.29, 0.717) is 11.3 Å². The molecular formula is C18H18N3O4PS. The summed E-state index contributed by atoms with van der Waals surface area (Å²) < 4.78 is 12.8. The van der Waals surface area contributed by atoms with Crippen LogP contribution >= 0.6 is 18.9 Å². The van der Waals surface area contributed by atoms with Crippen LogP contribution in [-0.2, 0) is 22.6 Å². The van der Waals surface area contributed by atoms with Crippen molar-refractivity contribution < 1.29 is 19.1 Å². The second-order valence-electron chi connectivity index (χ2n) is 5.89. The van der Waals surface area contributed by atoms with E-state index in [1.54, 1.807) is 52.6 Å². The molecule has 0 aliphatic carbocycles. The molecule has 3 N–H and O–H groups in total. The molecule has 9 heteroatoms. The Morgan fingerprint density at radius 2 is 2.04 bits per heavy atom. The topological polar surface area (TPSA) is 104 Å². The van der Waals surface area contributed by atoms with Crippen LogP contribution in [0.4, 0.5) is 5.69 Å². The molecule has 0 spiro atoms. The molecule has 0 aliphatic heterocycles. The highest BCUT2D eigenvalue weighted by Gasteiger charge is 2.14. The van der Waals surface area contributed by atoms with Crippen LogP contribution in [0.3, 0.4) is 0 Å². The summed E-state index contributed by atoms with van der Waals surface area (Å²) in [5, 5.41) is 8.95. The van der Waals surface area contributed by atoms with Gasteiger partial charge in [-0.2, -0.15) is 5.10 Å². The van der Waals surface area contributed by atoms with Crippen molar-refractivity contribution in [3.05, 3.63) is 65.2 Å². The number of aryl methyl sites for hydroxylation is 1. The van der Waals surface area contributed by atoms with E-state index in [0.717, 1.165) is 16.1 Å². The largest absolute Gasteiger partial charge is 0.329 e.